The normalized spacial score (nSPS) is 12.6. The van der Waals surface area contributed by atoms with Crippen LogP contribution in [0.2, 0.25) is 0 Å². The lowest BCUT2D eigenvalue weighted by Crippen LogP contribution is -2.23. The third kappa shape index (κ3) is 5.97. The van der Waals surface area contributed by atoms with Crippen LogP contribution in [0.4, 0.5) is 18.9 Å². The van der Waals surface area contributed by atoms with E-state index in [1.54, 1.807) is 6.92 Å². The molecule has 1 atom stereocenters. The zero-order valence-electron chi connectivity index (χ0n) is 16.9. The number of carbonyl (C=O) groups excluding carboxylic acids is 1. The number of aromatic nitrogens is 4. The predicted molar refractivity (Wildman–Crippen MR) is 110 cm³/mol. The second-order valence-electron chi connectivity index (χ2n) is 6.91. The fourth-order valence-electron chi connectivity index (χ4n) is 2.76. The summed E-state index contributed by atoms with van der Waals surface area (Å²) in [5.74, 6) is -0.326. The van der Waals surface area contributed by atoms with Gasteiger partial charge in [-0.05, 0) is 59.2 Å². The number of hydrogen-bond donors (Lipinski definition) is 1. The molecular weight excluding hydrogens is 431 g/mol. The van der Waals surface area contributed by atoms with E-state index in [-0.39, 0.29) is 17.6 Å². The molecule has 7 nitrogen and oxygen atoms in total. The summed E-state index contributed by atoms with van der Waals surface area (Å²) in [4.78, 5) is 12.7. The summed E-state index contributed by atoms with van der Waals surface area (Å²) in [6.45, 7) is 5.81. The number of carbonyl (C=O) groups is 1. The number of nitrogens with zero attached hydrogens (tertiary/aromatic N) is 4. The molecule has 0 spiro atoms. The summed E-state index contributed by atoms with van der Waals surface area (Å²) >= 11 is 1.13. The van der Waals surface area contributed by atoms with E-state index in [4.69, 9.17) is 0 Å². The van der Waals surface area contributed by atoms with Crippen molar-refractivity contribution in [3.8, 4) is 11.4 Å². The van der Waals surface area contributed by atoms with E-state index >= 15 is 0 Å². The number of halogens is 3. The second-order valence-corrected chi connectivity index (χ2v) is 8.21. The van der Waals surface area contributed by atoms with Crippen LogP contribution in [0.1, 0.15) is 32.3 Å². The number of ether oxygens (including phenoxy) is 1. The minimum absolute atomic E-state index is 0.221. The smallest absolute Gasteiger partial charge is 0.406 e. The molecule has 0 fully saturated rings. The van der Waals surface area contributed by atoms with Gasteiger partial charge < -0.3 is 10.1 Å². The molecule has 31 heavy (non-hydrogen) atoms. The van der Waals surface area contributed by atoms with Crippen LogP contribution >= 0.6 is 11.8 Å². The van der Waals surface area contributed by atoms with E-state index in [1.807, 2.05) is 38.1 Å². The lowest BCUT2D eigenvalue weighted by molar-refractivity contribution is -0.274. The first-order chi connectivity index (χ1) is 14.6. The number of hydrogen-bond acceptors (Lipinski definition) is 6. The number of rotatable bonds is 7. The van der Waals surface area contributed by atoms with Crippen LogP contribution in [-0.2, 0) is 4.79 Å². The maximum absolute atomic E-state index is 12.7. The molecule has 1 heterocycles. The first-order valence-corrected chi connectivity index (χ1v) is 10.2. The summed E-state index contributed by atoms with van der Waals surface area (Å²) < 4.78 is 42.2. The van der Waals surface area contributed by atoms with Crippen molar-refractivity contribution in [2.45, 2.75) is 43.5 Å². The standard InChI is InChI=1S/C20H20F3N5O2S/c1-12(2)16-6-4-5-7-17(16)24-18(29)13(3)31-19-25-26-27-28(19)14-8-10-15(11-9-14)30-20(21,22)23/h4-13H,1-3H3,(H,24,29). The Morgan fingerprint density at radius 2 is 1.77 bits per heavy atom. The van der Waals surface area contributed by atoms with Crippen molar-refractivity contribution in [2.75, 3.05) is 5.32 Å². The van der Waals surface area contributed by atoms with Gasteiger partial charge in [-0.15, -0.1) is 18.3 Å². The lowest BCUT2D eigenvalue weighted by atomic mass is 10.0. The van der Waals surface area contributed by atoms with E-state index < -0.39 is 11.6 Å². The van der Waals surface area contributed by atoms with Gasteiger partial charge in [-0.25, -0.2) is 0 Å². The highest BCUT2D eigenvalue weighted by Gasteiger charge is 2.31. The number of alkyl halides is 3. The maximum atomic E-state index is 12.7. The third-order valence-electron chi connectivity index (χ3n) is 4.25. The molecule has 1 amide bonds. The fraction of sp³-hybridized carbons (Fsp3) is 0.300. The third-order valence-corrected chi connectivity index (χ3v) is 5.28. The Morgan fingerprint density at radius 1 is 1.10 bits per heavy atom. The van der Waals surface area contributed by atoms with Crippen molar-refractivity contribution in [1.82, 2.24) is 20.2 Å². The van der Waals surface area contributed by atoms with Crippen LogP contribution in [0.5, 0.6) is 5.75 Å². The number of nitrogens with one attached hydrogen (secondary N) is 1. The zero-order valence-corrected chi connectivity index (χ0v) is 17.7. The molecule has 3 rings (SSSR count). The number of amides is 1. The first-order valence-electron chi connectivity index (χ1n) is 9.35. The minimum atomic E-state index is -4.77. The molecule has 0 aliphatic heterocycles. The molecule has 0 saturated heterocycles. The van der Waals surface area contributed by atoms with Gasteiger partial charge in [-0.2, -0.15) is 4.68 Å². The molecule has 0 bridgehead atoms. The van der Waals surface area contributed by atoms with Gasteiger partial charge in [-0.3, -0.25) is 4.79 Å². The van der Waals surface area contributed by atoms with Gasteiger partial charge in [0.05, 0.1) is 10.9 Å². The van der Waals surface area contributed by atoms with Crippen LogP contribution < -0.4 is 10.1 Å². The SMILES string of the molecule is CC(Sc1nnnn1-c1ccc(OC(F)(F)F)cc1)C(=O)Nc1ccccc1C(C)C. The Hall–Kier alpha value is -3.08. The lowest BCUT2D eigenvalue weighted by Gasteiger charge is -2.16. The highest BCUT2D eigenvalue weighted by molar-refractivity contribution is 8.00. The van der Waals surface area contributed by atoms with E-state index in [2.05, 4.69) is 25.6 Å². The molecule has 0 saturated carbocycles. The van der Waals surface area contributed by atoms with Gasteiger partial charge in [0.2, 0.25) is 11.1 Å². The average Bonchev–Trinajstić information content (AvgIpc) is 3.15. The number of thioether (sulfide) groups is 1. The van der Waals surface area contributed by atoms with Gasteiger partial charge in [-0.1, -0.05) is 43.8 Å². The summed E-state index contributed by atoms with van der Waals surface area (Å²) in [6, 6.07) is 12.7. The molecule has 164 valence electrons. The molecule has 0 aliphatic rings. The number of tetrazole rings is 1. The van der Waals surface area contributed by atoms with Gasteiger partial charge in [0.1, 0.15) is 5.75 Å². The Morgan fingerprint density at radius 3 is 2.42 bits per heavy atom. The highest BCUT2D eigenvalue weighted by Crippen LogP contribution is 2.28. The van der Waals surface area contributed by atoms with Crippen molar-refractivity contribution < 1.29 is 22.7 Å². The molecule has 3 aromatic rings. The van der Waals surface area contributed by atoms with Gasteiger partial charge in [0, 0.05) is 5.69 Å². The van der Waals surface area contributed by atoms with Gasteiger partial charge >= 0.3 is 6.36 Å². The summed E-state index contributed by atoms with van der Waals surface area (Å²) in [6.07, 6.45) is -4.77. The van der Waals surface area contributed by atoms with Crippen LogP contribution in [0.3, 0.4) is 0 Å². The van der Waals surface area contributed by atoms with E-state index in [0.717, 1.165) is 35.1 Å². The molecule has 2 aromatic carbocycles. The van der Waals surface area contributed by atoms with E-state index in [0.29, 0.717) is 10.8 Å². The van der Waals surface area contributed by atoms with Gasteiger partial charge in [0.15, 0.2) is 0 Å². The fourth-order valence-corrected chi connectivity index (χ4v) is 3.57. The molecule has 1 aromatic heterocycles. The topological polar surface area (TPSA) is 81.9 Å². The second kappa shape index (κ2) is 9.38. The Balaban J connectivity index is 1.70. The number of anilines is 1. The first kappa shape index (κ1) is 22.6. The zero-order chi connectivity index (χ0) is 22.6. The van der Waals surface area contributed by atoms with Crippen molar-refractivity contribution in [3.05, 3.63) is 54.1 Å². The van der Waals surface area contributed by atoms with Gasteiger partial charge in [0.25, 0.3) is 0 Å². The van der Waals surface area contributed by atoms with Crippen molar-refractivity contribution in [3.63, 3.8) is 0 Å². The van der Waals surface area contributed by atoms with Crippen LogP contribution in [0, 0.1) is 0 Å². The molecular formula is C20H20F3N5O2S. The highest BCUT2D eigenvalue weighted by atomic mass is 32.2. The van der Waals surface area contributed by atoms with Crippen LogP contribution in [0.25, 0.3) is 5.69 Å². The maximum Gasteiger partial charge on any atom is 0.573 e. The minimum Gasteiger partial charge on any atom is -0.406 e. The Kier molecular flexibility index (Phi) is 6.84. The Labute approximate surface area is 181 Å². The molecule has 1 N–H and O–H groups in total. The van der Waals surface area contributed by atoms with Crippen molar-refractivity contribution in [2.24, 2.45) is 0 Å². The van der Waals surface area contributed by atoms with Crippen molar-refractivity contribution in [1.29, 1.82) is 0 Å². The molecule has 0 aliphatic carbocycles. The van der Waals surface area contributed by atoms with E-state index in [1.165, 1.54) is 16.8 Å². The molecule has 1 unspecified atom stereocenters. The van der Waals surface area contributed by atoms with Crippen molar-refractivity contribution >= 4 is 23.4 Å². The van der Waals surface area contributed by atoms with E-state index in [9.17, 15) is 18.0 Å². The Bertz CT molecular complexity index is 1040. The number of para-hydroxylation sites is 1. The summed E-state index contributed by atoms with van der Waals surface area (Å²) in [7, 11) is 0. The number of benzene rings is 2. The summed E-state index contributed by atoms with van der Waals surface area (Å²) in [5, 5.41) is 14.1. The molecule has 0 radical (unpaired) electrons. The average molecular weight is 451 g/mol. The van der Waals surface area contributed by atoms with Crippen LogP contribution in [-0.4, -0.2) is 37.7 Å². The predicted octanol–water partition coefficient (Wildman–Crippen LogP) is 4.80. The quantitative estimate of drug-likeness (QED) is 0.520. The monoisotopic (exact) mass is 451 g/mol. The molecule has 11 heteroatoms. The summed E-state index contributed by atoms with van der Waals surface area (Å²) in [5.41, 5.74) is 2.20. The van der Waals surface area contributed by atoms with Crippen LogP contribution in [0.15, 0.2) is 53.7 Å². The largest absolute Gasteiger partial charge is 0.573 e.